The van der Waals surface area contributed by atoms with Crippen LogP contribution in [-0.2, 0) is 16.2 Å². The number of hydrogen-bond donors (Lipinski definition) is 1. The topological polar surface area (TPSA) is 63.4 Å². The van der Waals surface area contributed by atoms with Gasteiger partial charge >= 0.3 is 6.18 Å². The molecule has 0 aromatic heterocycles. The molecule has 4 nitrogen and oxygen atoms in total. The van der Waals surface area contributed by atoms with Crippen molar-refractivity contribution in [1.82, 2.24) is 4.31 Å². The molecule has 1 aromatic carbocycles. The molecule has 1 saturated heterocycles. The fraction of sp³-hybridized carbons (Fsp3) is 0.600. The number of nitrogens with two attached hydrogens (primary N) is 1. The second kappa shape index (κ2) is 5.46. The van der Waals surface area contributed by atoms with E-state index in [1.54, 1.807) is 0 Å². The molecule has 23 heavy (non-hydrogen) atoms. The number of aryl methyl sites for hydroxylation is 1. The molecule has 1 aromatic rings. The summed E-state index contributed by atoms with van der Waals surface area (Å²) in [5.74, 6) is 0.411. The Morgan fingerprint density at radius 2 is 1.91 bits per heavy atom. The molecular weight excluding hydrogens is 329 g/mol. The van der Waals surface area contributed by atoms with Gasteiger partial charge in [-0.1, -0.05) is 0 Å². The van der Waals surface area contributed by atoms with Crippen molar-refractivity contribution in [3.05, 3.63) is 29.3 Å². The molecular formula is C15H19F3N2O2S. The summed E-state index contributed by atoms with van der Waals surface area (Å²) in [5, 5.41) is 0. The Balaban J connectivity index is 1.89. The zero-order chi connectivity index (χ0) is 17.0. The van der Waals surface area contributed by atoms with Crippen LogP contribution in [0.2, 0.25) is 0 Å². The lowest BCUT2D eigenvalue weighted by atomic mass is 9.98. The van der Waals surface area contributed by atoms with Gasteiger partial charge in [-0.2, -0.15) is 17.5 Å². The summed E-state index contributed by atoms with van der Waals surface area (Å²) < 4.78 is 65.1. The standard InChI is InChI=1S/C15H19F3N2O2S/c1-9-6-11(15(16,17)18)3-5-14(9)23(21,22)20-7-10-2-4-13(19)12(10)8-20/h3,5-6,10,12-13H,2,4,7-8,19H2,1H3. The zero-order valence-electron chi connectivity index (χ0n) is 12.7. The van der Waals surface area contributed by atoms with E-state index in [2.05, 4.69) is 0 Å². The predicted molar refractivity (Wildman–Crippen MR) is 79.1 cm³/mol. The van der Waals surface area contributed by atoms with E-state index in [4.69, 9.17) is 5.73 Å². The van der Waals surface area contributed by atoms with Crippen molar-refractivity contribution in [2.75, 3.05) is 13.1 Å². The highest BCUT2D eigenvalue weighted by molar-refractivity contribution is 7.89. The molecule has 2 aliphatic rings. The van der Waals surface area contributed by atoms with Crippen LogP contribution in [0.3, 0.4) is 0 Å². The first kappa shape index (κ1) is 16.7. The predicted octanol–water partition coefficient (Wildman–Crippen LogP) is 2.37. The Morgan fingerprint density at radius 1 is 1.22 bits per heavy atom. The maximum Gasteiger partial charge on any atom is 0.416 e. The molecule has 1 saturated carbocycles. The second-order valence-electron chi connectivity index (χ2n) is 6.47. The minimum atomic E-state index is -4.48. The number of sulfonamides is 1. The Morgan fingerprint density at radius 3 is 2.48 bits per heavy atom. The van der Waals surface area contributed by atoms with Crippen molar-refractivity contribution >= 4 is 10.0 Å². The van der Waals surface area contributed by atoms with Crippen LogP contribution in [0.25, 0.3) is 0 Å². The fourth-order valence-electron chi connectivity index (χ4n) is 3.72. The van der Waals surface area contributed by atoms with Crippen LogP contribution in [0.1, 0.15) is 24.0 Å². The third-order valence-electron chi connectivity index (χ3n) is 5.00. The van der Waals surface area contributed by atoms with Gasteiger partial charge in [-0.3, -0.25) is 0 Å². The molecule has 8 heteroatoms. The van der Waals surface area contributed by atoms with Crippen molar-refractivity contribution in [1.29, 1.82) is 0 Å². The summed E-state index contributed by atoms with van der Waals surface area (Å²) in [6, 6.07) is 2.77. The van der Waals surface area contributed by atoms with E-state index in [9.17, 15) is 21.6 Å². The molecule has 1 heterocycles. The Hall–Kier alpha value is -1.12. The summed E-state index contributed by atoms with van der Waals surface area (Å²) in [6.45, 7) is 2.15. The highest BCUT2D eigenvalue weighted by Crippen LogP contribution is 2.40. The van der Waals surface area contributed by atoms with Gasteiger partial charge in [0.25, 0.3) is 0 Å². The number of rotatable bonds is 2. The van der Waals surface area contributed by atoms with Crippen molar-refractivity contribution in [3.8, 4) is 0 Å². The van der Waals surface area contributed by atoms with Gasteiger partial charge in [0, 0.05) is 19.1 Å². The van der Waals surface area contributed by atoms with Crippen molar-refractivity contribution in [2.45, 2.75) is 36.9 Å². The molecule has 1 aliphatic heterocycles. The van der Waals surface area contributed by atoms with Gasteiger partial charge in [0.15, 0.2) is 0 Å². The fourth-order valence-corrected chi connectivity index (χ4v) is 5.46. The van der Waals surface area contributed by atoms with Crippen molar-refractivity contribution < 1.29 is 21.6 Å². The van der Waals surface area contributed by atoms with Crippen LogP contribution in [-0.4, -0.2) is 31.9 Å². The average molecular weight is 348 g/mol. The average Bonchev–Trinajstić information content (AvgIpc) is 3.00. The first-order valence-electron chi connectivity index (χ1n) is 7.54. The minimum Gasteiger partial charge on any atom is -0.327 e. The summed E-state index contributed by atoms with van der Waals surface area (Å²) in [5.41, 5.74) is 5.29. The Kier molecular flexibility index (Phi) is 3.97. The van der Waals surface area contributed by atoms with Gasteiger partial charge in [0.1, 0.15) is 0 Å². The number of fused-ring (bicyclic) bond motifs is 1. The molecule has 0 amide bonds. The maximum absolute atomic E-state index is 12.8. The zero-order valence-corrected chi connectivity index (χ0v) is 13.5. The van der Waals surface area contributed by atoms with Gasteiger partial charge in [0.2, 0.25) is 10.0 Å². The largest absolute Gasteiger partial charge is 0.416 e. The van der Waals surface area contributed by atoms with E-state index in [-0.39, 0.29) is 28.3 Å². The van der Waals surface area contributed by atoms with E-state index in [0.29, 0.717) is 13.1 Å². The maximum atomic E-state index is 12.8. The molecule has 0 radical (unpaired) electrons. The van der Waals surface area contributed by atoms with Gasteiger partial charge in [-0.15, -0.1) is 0 Å². The highest BCUT2D eigenvalue weighted by Gasteiger charge is 2.45. The molecule has 0 spiro atoms. The lowest BCUT2D eigenvalue weighted by Crippen LogP contribution is -2.33. The molecule has 3 atom stereocenters. The monoisotopic (exact) mass is 348 g/mol. The van der Waals surface area contributed by atoms with E-state index < -0.39 is 21.8 Å². The number of nitrogens with zero attached hydrogens (tertiary/aromatic N) is 1. The summed E-state index contributed by atoms with van der Waals surface area (Å²) >= 11 is 0. The van der Waals surface area contributed by atoms with Crippen LogP contribution in [0.15, 0.2) is 23.1 Å². The lowest BCUT2D eigenvalue weighted by Gasteiger charge is -2.20. The summed E-state index contributed by atoms with van der Waals surface area (Å²) in [6.07, 6.45) is -2.67. The minimum absolute atomic E-state index is 0.00824. The van der Waals surface area contributed by atoms with E-state index >= 15 is 0 Å². The van der Waals surface area contributed by atoms with E-state index in [0.717, 1.165) is 31.0 Å². The van der Waals surface area contributed by atoms with Crippen LogP contribution in [0.4, 0.5) is 13.2 Å². The number of hydrogen-bond acceptors (Lipinski definition) is 3. The van der Waals surface area contributed by atoms with Crippen molar-refractivity contribution in [2.24, 2.45) is 17.6 Å². The van der Waals surface area contributed by atoms with E-state index in [1.165, 1.54) is 11.2 Å². The summed E-state index contributed by atoms with van der Waals surface area (Å²) in [7, 11) is -3.79. The lowest BCUT2D eigenvalue weighted by molar-refractivity contribution is -0.137. The molecule has 3 rings (SSSR count). The van der Waals surface area contributed by atoms with Gasteiger partial charge < -0.3 is 5.73 Å². The van der Waals surface area contributed by atoms with Crippen molar-refractivity contribution in [3.63, 3.8) is 0 Å². The number of benzene rings is 1. The van der Waals surface area contributed by atoms with Crippen LogP contribution in [0, 0.1) is 18.8 Å². The van der Waals surface area contributed by atoms with E-state index in [1.807, 2.05) is 0 Å². The highest BCUT2D eigenvalue weighted by atomic mass is 32.2. The quantitative estimate of drug-likeness (QED) is 0.892. The third kappa shape index (κ3) is 2.88. The Bertz CT molecular complexity index is 718. The molecule has 1 aliphatic carbocycles. The molecule has 2 N–H and O–H groups in total. The molecule has 128 valence electrons. The summed E-state index contributed by atoms with van der Waals surface area (Å²) in [4.78, 5) is -0.0564. The molecule has 2 fully saturated rings. The van der Waals surface area contributed by atoms with Gasteiger partial charge in [-0.25, -0.2) is 8.42 Å². The number of alkyl halides is 3. The van der Waals surface area contributed by atoms with Gasteiger partial charge in [-0.05, 0) is 55.4 Å². The normalized spacial score (nSPS) is 29.0. The molecule has 3 unspecified atom stereocenters. The van der Waals surface area contributed by atoms with Crippen LogP contribution < -0.4 is 5.73 Å². The Labute approximate surface area is 133 Å². The van der Waals surface area contributed by atoms with Crippen LogP contribution >= 0.6 is 0 Å². The molecule has 0 bridgehead atoms. The van der Waals surface area contributed by atoms with Crippen LogP contribution in [0.5, 0.6) is 0 Å². The number of halogens is 3. The SMILES string of the molecule is Cc1cc(C(F)(F)F)ccc1S(=O)(=O)N1CC2CCC(N)C2C1. The first-order chi connectivity index (χ1) is 10.6. The van der Waals surface area contributed by atoms with Gasteiger partial charge in [0.05, 0.1) is 10.5 Å². The smallest absolute Gasteiger partial charge is 0.327 e. The first-order valence-corrected chi connectivity index (χ1v) is 8.98. The third-order valence-corrected chi connectivity index (χ3v) is 6.99. The second-order valence-corrected chi connectivity index (χ2v) is 8.37.